The summed E-state index contributed by atoms with van der Waals surface area (Å²) in [5.74, 6) is 6.30. The second-order valence-electron chi connectivity index (χ2n) is 5.94. The molecule has 2 aromatic carbocycles. The number of carbonyl (C=O) groups excluding carboxylic acids is 1. The average molecular weight is 361 g/mol. The summed E-state index contributed by atoms with van der Waals surface area (Å²) in [6.45, 7) is 1.91. The van der Waals surface area contributed by atoms with Crippen molar-refractivity contribution in [3.05, 3.63) is 71.9 Å². The third-order valence-electron chi connectivity index (χ3n) is 3.89. The SMILES string of the molecule is CC(C#Cc1cccc(OCc2ccc3ccccc3n2)c1)N(O)C(N)=O. The summed E-state index contributed by atoms with van der Waals surface area (Å²) in [5, 5.41) is 10.9. The van der Waals surface area contributed by atoms with E-state index in [-0.39, 0.29) is 0 Å². The number of hydrogen-bond donors (Lipinski definition) is 2. The highest BCUT2D eigenvalue weighted by atomic mass is 16.5. The third-order valence-corrected chi connectivity index (χ3v) is 3.89. The fraction of sp³-hybridized carbons (Fsp3) is 0.143. The van der Waals surface area contributed by atoms with Crippen LogP contribution in [0.1, 0.15) is 18.2 Å². The fourth-order valence-corrected chi connectivity index (χ4v) is 2.45. The molecule has 3 N–H and O–H groups in total. The van der Waals surface area contributed by atoms with Gasteiger partial charge in [-0.2, -0.15) is 5.06 Å². The number of carbonyl (C=O) groups is 1. The maximum atomic E-state index is 10.9. The lowest BCUT2D eigenvalue weighted by molar-refractivity contribution is -0.0536. The number of ether oxygens (including phenoxy) is 1. The summed E-state index contributed by atoms with van der Waals surface area (Å²) in [6.07, 6.45) is 0. The summed E-state index contributed by atoms with van der Waals surface area (Å²) in [6, 6.07) is 17.5. The van der Waals surface area contributed by atoms with Crippen LogP contribution in [-0.4, -0.2) is 27.3 Å². The lowest BCUT2D eigenvalue weighted by Crippen LogP contribution is -2.38. The summed E-state index contributed by atoms with van der Waals surface area (Å²) < 4.78 is 5.81. The standard InChI is InChI=1S/C21H19N3O3/c1-15(24(26)21(22)25)9-10-16-5-4-7-19(13-16)27-14-18-12-11-17-6-2-3-8-20(17)23-18/h2-8,11-13,15,26H,14H2,1H3,(H2,22,25). The predicted molar refractivity (Wildman–Crippen MR) is 102 cm³/mol. The van der Waals surface area contributed by atoms with Crippen molar-refractivity contribution in [1.29, 1.82) is 0 Å². The number of aromatic nitrogens is 1. The van der Waals surface area contributed by atoms with E-state index in [0.717, 1.165) is 16.6 Å². The van der Waals surface area contributed by atoms with Crippen LogP contribution in [0, 0.1) is 11.8 Å². The molecule has 2 amide bonds. The smallest absolute Gasteiger partial charge is 0.339 e. The largest absolute Gasteiger partial charge is 0.487 e. The summed E-state index contributed by atoms with van der Waals surface area (Å²) >= 11 is 0. The summed E-state index contributed by atoms with van der Waals surface area (Å²) in [5.41, 5.74) is 7.46. The lowest BCUT2D eigenvalue weighted by atomic mass is 10.2. The zero-order valence-electron chi connectivity index (χ0n) is 14.8. The zero-order valence-corrected chi connectivity index (χ0v) is 14.8. The molecule has 0 saturated carbocycles. The van der Waals surface area contributed by atoms with Gasteiger partial charge >= 0.3 is 6.03 Å². The van der Waals surface area contributed by atoms with Crippen LogP contribution in [0.15, 0.2) is 60.7 Å². The minimum Gasteiger partial charge on any atom is -0.487 e. The summed E-state index contributed by atoms with van der Waals surface area (Å²) in [7, 11) is 0. The monoisotopic (exact) mass is 361 g/mol. The first-order chi connectivity index (χ1) is 13.0. The molecule has 1 heterocycles. The first-order valence-corrected chi connectivity index (χ1v) is 8.39. The quantitative estimate of drug-likeness (QED) is 0.424. The topological polar surface area (TPSA) is 88.7 Å². The molecule has 1 aromatic heterocycles. The van der Waals surface area contributed by atoms with Crippen LogP contribution in [0.5, 0.6) is 5.75 Å². The molecule has 0 radical (unpaired) electrons. The van der Waals surface area contributed by atoms with Gasteiger partial charge in [0, 0.05) is 10.9 Å². The molecule has 3 aromatic rings. The molecule has 0 aliphatic heterocycles. The van der Waals surface area contributed by atoms with Gasteiger partial charge in [0.1, 0.15) is 18.4 Å². The molecule has 0 saturated heterocycles. The zero-order chi connectivity index (χ0) is 19.2. The van der Waals surface area contributed by atoms with E-state index in [1.807, 2.05) is 54.6 Å². The fourth-order valence-electron chi connectivity index (χ4n) is 2.45. The van der Waals surface area contributed by atoms with Gasteiger partial charge in [-0.15, -0.1) is 0 Å². The molecule has 6 nitrogen and oxygen atoms in total. The molecule has 1 atom stereocenters. The van der Waals surface area contributed by atoms with Gasteiger partial charge in [0.15, 0.2) is 0 Å². The van der Waals surface area contributed by atoms with Crippen LogP contribution in [0.4, 0.5) is 4.79 Å². The Kier molecular flexibility index (Phi) is 5.55. The van der Waals surface area contributed by atoms with Crippen LogP contribution in [0.25, 0.3) is 10.9 Å². The van der Waals surface area contributed by atoms with Gasteiger partial charge in [0.05, 0.1) is 11.2 Å². The number of benzene rings is 2. The molecule has 0 aliphatic carbocycles. The maximum absolute atomic E-state index is 10.9. The van der Waals surface area contributed by atoms with Crippen LogP contribution in [0.3, 0.4) is 0 Å². The second kappa shape index (κ2) is 8.21. The van der Waals surface area contributed by atoms with Crippen molar-refractivity contribution in [3.8, 4) is 17.6 Å². The van der Waals surface area contributed by atoms with Gasteiger partial charge < -0.3 is 10.5 Å². The van der Waals surface area contributed by atoms with Crippen LogP contribution < -0.4 is 10.5 Å². The van der Waals surface area contributed by atoms with Gasteiger partial charge in [-0.25, -0.2) is 9.78 Å². The van der Waals surface area contributed by atoms with Crippen molar-refractivity contribution in [2.24, 2.45) is 5.73 Å². The lowest BCUT2D eigenvalue weighted by Gasteiger charge is -2.14. The number of fused-ring (bicyclic) bond motifs is 1. The number of hydroxylamine groups is 2. The van der Waals surface area contributed by atoms with Gasteiger partial charge in [0.25, 0.3) is 0 Å². The number of para-hydroxylation sites is 1. The van der Waals surface area contributed by atoms with Crippen LogP contribution in [0.2, 0.25) is 0 Å². The van der Waals surface area contributed by atoms with Crippen molar-refractivity contribution in [3.63, 3.8) is 0 Å². The average Bonchev–Trinajstić information content (AvgIpc) is 2.70. The number of amides is 2. The number of nitrogens with zero attached hydrogens (tertiary/aromatic N) is 2. The number of hydrogen-bond acceptors (Lipinski definition) is 4. The van der Waals surface area contributed by atoms with Crippen LogP contribution >= 0.6 is 0 Å². The Balaban J connectivity index is 1.67. The molecule has 0 aliphatic rings. The first kappa shape index (κ1) is 18.2. The number of rotatable bonds is 4. The van der Waals surface area contributed by atoms with Crippen molar-refractivity contribution < 1.29 is 14.7 Å². The minimum absolute atomic E-state index is 0.338. The molecule has 6 heteroatoms. The first-order valence-electron chi connectivity index (χ1n) is 8.39. The normalized spacial score (nSPS) is 11.3. The van der Waals surface area contributed by atoms with Crippen molar-refractivity contribution in [2.45, 2.75) is 19.6 Å². The molecule has 0 bridgehead atoms. The number of pyridine rings is 1. The van der Waals surface area contributed by atoms with E-state index in [4.69, 9.17) is 10.5 Å². The molecule has 0 fully saturated rings. The maximum Gasteiger partial charge on any atom is 0.339 e. The molecule has 136 valence electrons. The van der Waals surface area contributed by atoms with Gasteiger partial charge in [-0.05, 0) is 37.3 Å². The van der Waals surface area contributed by atoms with Gasteiger partial charge in [-0.3, -0.25) is 5.21 Å². The predicted octanol–water partition coefficient (Wildman–Crippen LogP) is 3.32. The van der Waals surface area contributed by atoms with Crippen molar-refractivity contribution in [1.82, 2.24) is 10.0 Å². The van der Waals surface area contributed by atoms with Gasteiger partial charge in [0.2, 0.25) is 0 Å². The molecule has 3 rings (SSSR count). The van der Waals surface area contributed by atoms with Crippen molar-refractivity contribution >= 4 is 16.9 Å². The number of primary amides is 1. The van der Waals surface area contributed by atoms with E-state index in [0.29, 0.717) is 23.0 Å². The highest BCUT2D eigenvalue weighted by Gasteiger charge is 2.11. The van der Waals surface area contributed by atoms with E-state index in [1.165, 1.54) is 0 Å². The molecular weight excluding hydrogens is 342 g/mol. The third kappa shape index (κ3) is 4.75. The van der Waals surface area contributed by atoms with E-state index >= 15 is 0 Å². The molecular formula is C21H19N3O3. The second-order valence-corrected chi connectivity index (χ2v) is 5.94. The van der Waals surface area contributed by atoms with Crippen LogP contribution in [-0.2, 0) is 6.61 Å². The van der Waals surface area contributed by atoms with Gasteiger partial charge in [-0.1, -0.05) is 42.2 Å². The Labute approximate surface area is 157 Å². The Morgan fingerprint density at radius 3 is 2.85 bits per heavy atom. The van der Waals surface area contributed by atoms with Crippen molar-refractivity contribution in [2.75, 3.05) is 0 Å². The molecule has 0 spiro atoms. The van der Waals surface area contributed by atoms with E-state index in [9.17, 15) is 10.0 Å². The minimum atomic E-state index is -0.947. The Hall–Kier alpha value is -3.56. The highest BCUT2D eigenvalue weighted by Crippen LogP contribution is 2.16. The highest BCUT2D eigenvalue weighted by molar-refractivity contribution is 5.78. The number of urea groups is 1. The summed E-state index contributed by atoms with van der Waals surface area (Å²) in [4.78, 5) is 15.5. The Morgan fingerprint density at radius 2 is 2.04 bits per heavy atom. The molecule has 27 heavy (non-hydrogen) atoms. The molecule has 1 unspecified atom stereocenters. The Bertz CT molecular complexity index is 1020. The number of nitrogens with two attached hydrogens (primary N) is 1. The van der Waals surface area contributed by atoms with E-state index in [1.54, 1.807) is 13.0 Å². The van der Waals surface area contributed by atoms with E-state index in [2.05, 4.69) is 16.8 Å². The van der Waals surface area contributed by atoms with E-state index < -0.39 is 12.1 Å². The Morgan fingerprint density at radius 1 is 1.22 bits per heavy atom.